The number of rotatable bonds is 9. The largest absolute Gasteiger partial charge is 0.469 e. The molecule has 9 nitrogen and oxygen atoms in total. The molecule has 1 atom stereocenters. The van der Waals surface area contributed by atoms with Crippen LogP contribution in [0.4, 0.5) is 0 Å². The standard InChI is InChI=1S/C16H22NO8P/c1-22-14(18)9-13(16(20)23-2)17-15(19)12-7-5-11(6-8-12)10-26(21,24-3)25-4/h5-8,13H,9-10H2,1-4H3,(H,17,19)/t13-/m1/s1. The molecule has 0 aliphatic carbocycles. The predicted molar refractivity (Wildman–Crippen MR) is 91.7 cm³/mol. The lowest BCUT2D eigenvalue weighted by Crippen LogP contribution is -2.43. The smallest absolute Gasteiger partial charge is 0.334 e. The highest BCUT2D eigenvalue weighted by Crippen LogP contribution is 2.49. The van der Waals surface area contributed by atoms with Gasteiger partial charge < -0.3 is 23.8 Å². The number of benzene rings is 1. The third-order valence-corrected chi connectivity index (χ3v) is 5.40. The van der Waals surface area contributed by atoms with Crippen molar-refractivity contribution in [3.05, 3.63) is 35.4 Å². The van der Waals surface area contributed by atoms with E-state index in [1.54, 1.807) is 12.1 Å². The average molecular weight is 387 g/mol. The molecule has 1 rings (SSSR count). The fourth-order valence-electron chi connectivity index (χ4n) is 2.02. The Hall–Kier alpha value is -2.22. The Morgan fingerprint density at radius 3 is 2.04 bits per heavy atom. The lowest BCUT2D eigenvalue weighted by Gasteiger charge is -2.16. The number of hydrogen-bond acceptors (Lipinski definition) is 8. The summed E-state index contributed by atoms with van der Waals surface area (Å²) < 4.78 is 30.9. The second-order valence-electron chi connectivity index (χ2n) is 5.16. The molecule has 0 bridgehead atoms. The van der Waals surface area contributed by atoms with Crippen molar-refractivity contribution >= 4 is 25.4 Å². The lowest BCUT2D eigenvalue weighted by molar-refractivity contribution is -0.149. The van der Waals surface area contributed by atoms with E-state index in [0.717, 1.165) is 7.11 Å². The lowest BCUT2D eigenvalue weighted by atomic mass is 10.1. The second-order valence-corrected chi connectivity index (χ2v) is 7.43. The highest BCUT2D eigenvalue weighted by atomic mass is 31.2. The van der Waals surface area contributed by atoms with Gasteiger partial charge in [0.2, 0.25) is 0 Å². The molecule has 26 heavy (non-hydrogen) atoms. The summed E-state index contributed by atoms with van der Waals surface area (Å²) in [5, 5.41) is 2.42. The summed E-state index contributed by atoms with van der Waals surface area (Å²) in [5.74, 6) is -2.00. The number of esters is 2. The van der Waals surface area contributed by atoms with Gasteiger partial charge in [-0.3, -0.25) is 14.2 Å². The maximum absolute atomic E-state index is 12.3. The monoisotopic (exact) mass is 387 g/mol. The zero-order chi connectivity index (χ0) is 19.7. The fourth-order valence-corrected chi connectivity index (χ4v) is 3.08. The Kier molecular flexibility index (Phi) is 8.44. The number of amides is 1. The van der Waals surface area contributed by atoms with Crippen LogP contribution in [0.25, 0.3) is 0 Å². The van der Waals surface area contributed by atoms with E-state index >= 15 is 0 Å². The van der Waals surface area contributed by atoms with Crippen molar-refractivity contribution in [1.29, 1.82) is 0 Å². The van der Waals surface area contributed by atoms with Crippen LogP contribution in [0.15, 0.2) is 24.3 Å². The number of ether oxygens (including phenoxy) is 2. The maximum atomic E-state index is 12.3. The summed E-state index contributed by atoms with van der Waals surface area (Å²) in [6, 6.07) is 5.00. The van der Waals surface area contributed by atoms with Gasteiger partial charge >= 0.3 is 19.5 Å². The summed E-state index contributed by atoms with van der Waals surface area (Å²) in [7, 11) is 1.70. The van der Waals surface area contributed by atoms with Crippen molar-refractivity contribution < 1.29 is 37.5 Å². The molecular formula is C16H22NO8P. The van der Waals surface area contributed by atoms with Crippen molar-refractivity contribution in [3.8, 4) is 0 Å². The highest BCUT2D eigenvalue weighted by molar-refractivity contribution is 7.52. The first-order valence-electron chi connectivity index (χ1n) is 7.53. The zero-order valence-electron chi connectivity index (χ0n) is 15.0. The van der Waals surface area contributed by atoms with Gasteiger partial charge in [0.1, 0.15) is 6.04 Å². The van der Waals surface area contributed by atoms with Crippen LogP contribution in [0.5, 0.6) is 0 Å². The van der Waals surface area contributed by atoms with E-state index < -0.39 is 31.5 Å². The van der Waals surface area contributed by atoms with E-state index in [9.17, 15) is 18.9 Å². The number of methoxy groups -OCH3 is 2. The van der Waals surface area contributed by atoms with Crippen LogP contribution in [-0.4, -0.2) is 52.3 Å². The average Bonchev–Trinajstić information content (AvgIpc) is 2.66. The first-order chi connectivity index (χ1) is 12.3. The van der Waals surface area contributed by atoms with Crippen LogP contribution >= 0.6 is 7.60 Å². The van der Waals surface area contributed by atoms with Crippen LogP contribution < -0.4 is 5.32 Å². The Balaban J connectivity index is 2.84. The van der Waals surface area contributed by atoms with Gasteiger partial charge in [-0.05, 0) is 17.7 Å². The third kappa shape index (κ3) is 6.25. The van der Waals surface area contributed by atoms with Crippen LogP contribution in [0.1, 0.15) is 22.3 Å². The summed E-state index contributed by atoms with van der Waals surface area (Å²) in [5.41, 5.74) is 0.893. The number of hydrogen-bond donors (Lipinski definition) is 1. The number of carbonyl (C=O) groups excluding carboxylic acids is 3. The van der Waals surface area contributed by atoms with Crippen molar-refractivity contribution in [3.63, 3.8) is 0 Å². The van der Waals surface area contributed by atoms with E-state index in [-0.39, 0.29) is 18.1 Å². The Labute approximate surface area is 151 Å². The van der Waals surface area contributed by atoms with Crippen LogP contribution in [0.3, 0.4) is 0 Å². The van der Waals surface area contributed by atoms with Gasteiger partial charge in [0, 0.05) is 19.8 Å². The summed E-state index contributed by atoms with van der Waals surface area (Å²) in [4.78, 5) is 35.3. The Morgan fingerprint density at radius 2 is 1.58 bits per heavy atom. The molecular weight excluding hydrogens is 365 g/mol. The van der Waals surface area contributed by atoms with E-state index in [1.165, 1.54) is 33.5 Å². The molecule has 0 saturated carbocycles. The Bertz CT molecular complexity index is 680. The van der Waals surface area contributed by atoms with E-state index in [1.807, 2.05) is 0 Å². The second kappa shape index (κ2) is 10.1. The SMILES string of the molecule is COC(=O)C[C@@H](NC(=O)c1ccc(CP(=O)(OC)OC)cc1)C(=O)OC. The molecule has 0 heterocycles. The van der Waals surface area contributed by atoms with Gasteiger partial charge in [0.05, 0.1) is 26.8 Å². The van der Waals surface area contributed by atoms with Gasteiger partial charge in [0.15, 0.2) is 0 Å². The molecule has 0 aliphatic heterocycles. The molecule has 0 fully saturated rings. The fraction of sp³-hybridized carbons (Fsp3) is 0.438. The molecule has 0 aliphatic rings. The summed E-state index contributed by atoms with van der Waals surface area (Å²) >= 11 is 0. The Morgan fingerprint density at radius 1 is 1.00 bits per heavy atom. The molecule has 1 N–H and O–H groups in total. The van der Waals surface area contributed by atoms with Crippen LogP contribution in [0, 0.1) is 0 Å². The van der Waals surface area contributed by atoms with Crippen molar-refractivity contribution in [1.82, 2.24) is 5.32 Å². The zero-order valence-corrected chi connectivity index (χ0v) is 15.9. The summed E-state index contributed by atoms with van der Waals surface area (Å²) in [6.07, 6.45) is -0.299. The van der Waals surface area contributed by atoms with Crippen molar-refractivity contribution in [2.24, 2.45) is 0 Å². The predicted octanol–water partition coefficient (Wildman–Crippen LogP) is 1.51. The molecule has 10 heteroatoms. The number of carbonyl (C=O) groups is 3. The topological polar surface area (TPSA) is 117 Å². The number of nitrogens with one attached hydrogen (secondary N) is 1. The normalized spacial score (nSPS) is 12.2. The minimum absolute atomic E-state index is 0.0506. The van der Waals surface area contributed by atoms with Gasteiger partial charge in [-0.2, -0.15) is 0 Å². The van der Waals surface area contributed by atoms with Gasteiger partial charge in [-0.1, -0.05) is 12.1 Å². The highest BCUT2D eigenvalue weighted by Gasteiger charge is 2.26. The van der Waals surface area contributed by atoms with Gasteiger partial charge in [0.25, 0.3) is 5.91 Å². The quantitative estimate of drug-likeness (QED) is 0.500. The molecule has 1 amide bonds. The minimum atomic E-state index is -3.21. The molecule has 0 radical (unpaired) electrons. The molecule has 0 spiro atoms. The third-order valence-electron chi connectivity index (χ3n) is 3.54. The van der Waals surface area contributed by atoms with Crippen molar-refractivity contribution in [2.75, 3.05) is 28.4 Å². The first-order valence-corrected chi connectivity index (χ1v) is 9.26. The first kappa shape index (κ1) is 21.8. The van der Waals surface area contributed by atoms with Gasteiger partial charge in [-0.15, -0.1) is 0 Å². The molecule has 0 unspecified atom stereocenters. The molecule has 144 valence electrons. The van der Waals surface area contributed by atoms with Crippen molar-refractivity contribution in [2.45, 2.75) is 18.6 Å². The molecule has 0 saturated heterocycles. The molecule has 1 aromatic rings. The summed E-state index contributed by atoms with van der Waals surface area (Å²) in [6.45, 7) is 0. The van der Waals surface area contributed by atoms with Gasteiger partial charge in [-0.25, -0.2) is 4.79 Å². The van der Waals surface area contributed by atoms with E-state index in [4.69, 9.17) is 9.05 Å². The minimum Gasteiger partial charge on any atom is -0.469 e. The van der Waals surface area contributed by atoms with E-state index in [0.29, 0.717) is 5.56 Å². The van der Waals surface area contributed by atoms with E-state index in [2.05, 4.69) is 14.8 Å². The molecule has 0 aromatic heterocycles. The maximum Gasteiger partial charge on any atom is 0.334 e. The van der Waals surface area contributed by atoms with Crippen LogP contribution in [0.2, 0.25) is 0 Å². The molecule has 1 aromatic carbocycles. The van der Waals surface area contributed by atoms with Crippen LogP contribution in [-0.2, 0) is 38.8 Å².